The minimum absolute atomic E-state index is 0.115. The lowest BCUT2D eigenvalue weighted by Gasteiger charge is -2.37. The normalized spacial score (nSPS) is 21.1. The lowest BCUT2D eigenvalue weighted by atomic mass is 9.94. The van der Waals surface area contributed by atoms with E-state index in [0.29, 0.717) is 33.6 Å². The Kier molecular flexibility index (Phi) is 6.56. The second-order valence-electron chi connectivity index (χ2n) is 9.37. The molecule has 33 heavy (non-hydrogen) atoms. The van der Waals surface area contributed by atoms with Gasteiger partial charge in [-0.1, -0.05) is 36.2 Å². The summed E-state index contributed by atoms with van der Waals surface area (Å²) in [4.78, 5) is 33.0. The Morgan fingerprint density at radius 3 is 2.67 bits per heavy atom. The Hall–Kier alpha value is -2.57. The molecular weight excluding hydrogens is 436 g/mol. The number of amides is 3. The number of carbonyl (C=O) groups is 2. The number of rotatable bonds is 3. The van der Waals surface area contributed by atoms with Gasteiger partial charge in [0.15, 0.2) is 0 Å². The SMILES string of the molecule is O=C1Nc2cccc(Cl)c2N(C(=O)N2CCCC(CCN3CCCCC3)C2)c2ccccc21. The molecule has 3 heterocycles. The van der Waals surface area contributed by atoms with Crippen LogP contribution in [0, 0.1) is 5.92 Å². The molecule has 2 aromatic rings. The summed E-state index contributed by atoms with van der Waals surface area (Å²) in [7, 11) is 0. The van der Waals surface area contributed by atoms with Crippen molar-refractivity contribution in [2.45, 2.75) is 38.5 Å². The molecule has 6 nitrogen and oxygen atoms in total. The predicted octanol–water partition coefficient (Wildman–Crippen LogP) is 5.75. The van der Waals surface area contributed by atoms with Crippen molar-refractivity contribution >= 4 is 40.6 Å². The summed E-state index contributed by atoms with van der Waals surface area (Å²) in [5.74, 6) is 0.264. The van der Waals surface area contributed by atoms with Crippen molar-refractivity contribution in [2.24, 2.45) is 5.92 Å². The maximum absolute atomic E-state index is 14.0. The molecule has 174 valence electrons. The fraction of sp³-hybridized carbons (Fsp3) is 0.462. The molecule has 0 bridgehead atoms. The average molecular weight is 467 g/mol. The van der Waals surface area contributed by atoms with Crippen molar-refractivity contribution in [1.82, 2.24) is 9.80 Å². The fourth-order valence-electron chi connectivity index (χ4n) is 5.38. The molecule has 1 atom stereocenters. The number of carbonyl (C=O) groups excluding carboxylic acids is 2. The van der Waals surface area contributed by atoms with Crippen molar-refractivity contribution in [3.8, 4) is 0 Å². The number of nitrogens with zero attached hydrogens (tertiary/aromatic N) is 3. The first-order chi connectivity index (χ1) is 16.1. The van der Waals surface area contributed by atoms with Crippen LogP contribution < -0.4 is 10.2 Å². The van der Waals surface area contributed by atoms with Crippen LogP contribution >= 0.6 is 11.6 Å². The number of benzene rings is 2. The molecule has 0 aliphatic carbocycles. The first kappa shape index (κ1) is 22.2. The third-order valence-corrected chi connectivity index (χ3v) is 7.44. The summed E-state index contributed by atoms with van der Waals surface area (Å²) in [6.45, 7) is 4.99. The lowest BCUT2D eigenvalue weighted by molar-refractivity contribution is 0.102. The minimum Gasteiger partial charge on any atom is -0.324 e. The van der Waals surface area contributed by atoms with Gasteiger partial charge in [-0.3, -0.25) is 9.69 Å². The standard InChI is InChI=1S/C26H31ClN4O2/c27-21-10-6-11-22-24(21)31(23-12-3-2-9-20(23)25(32)28-22)26(33)30-16-7-8-19(18-30)13-17-29-14-4-1-5-15-29/h2-3,6,9-12,19H,1,4-5,7-8,13-18H2,(H,28,32). The van der Waals surface area contributed by atoms with E-state index in [1.54, 1.807) is 29.2 Å². The van der Waals surface area contributed by atoms with Gasteiger partial charge in [-0.25, -0.2) is 4.79 Å². The van der Waals surface area contributed by atoms with E-state index in [9.17, 15) is 9.59 Å². The second-order valence-corrected chi connectivity index (χ2v) is 9.78. The maximum Gasteiger partial charge on any atom is 0.329 e. The molecule has 2 fully saturated rings. The van der Waals surface area contributed by atoms with Crippen LogP contribution in [-0.4, -0.2) is 54.5 Å². The number of fused-ring (bicyclic) bond motifs is 2. The number of nitrogens with one attached hydrogen (secondary N) is 1. The molecule has 0 saturated carbocycles. The maximum atomic E-state index is 14.0. The number of likely N-dealkylation sites (tertiary alicyclic amines) is 2. The summed E-state index contributed by atoms with van der Waals surface area (Å²) in [5, 5.41) is 3.37. The van der Waals surface area contributed by atoms with Crippen LogP contribution in [0.25, 0.3) is 0 Å². The number of hydrogen-bond acceptors (Lipinski definition) is 3. The van der Waals surface area contributed by atoms with E-state index in [1.165, 1.54) is 32.4 Å². The third kappa shape index (κ3) is 4.59. The van der Waals surface area contributed by atoms with E-state index >= 15 is 0 Å². The van der Waals surface area contributed by atoms with Crippen LogP contribution in [-0.2, 0) is 0 Å². The Balaban J connectivity index is 1.40. The van der Waals surface area contributed by atoms with E-state index in [0.717, 1.165) is 38.9 Å². The Morgan fingerprint density at radius 2 is 1.82 bits per heavy atom. The number of halogens is 1. The van der Waals surface area contributed by atoms with E-state index < -0.39 is 0 Å². The number of piperidine rings is 2. The van der Waals surface area contributed by atoms with E-state index in [1.807, 2.05) is 23.1 Å². The first-order valence-electron chi connectivity index (χ1n) is 12.1. The number of para-hydroxylation sites is 2. The molecule has 5 rings (SSSR count). The van der Waals surface area contributed by atoms with Gasteiger partial charge >= 0.3 is 6.03 Å². The minimum atomic E-state index is -0.234. The highest BCUT2D eigenvalue weighted by Gasteiger charge is 2.35. The van der Waals surface area contributed by atoms with Crippen molar-refractivity contribution in [3.63, 3.8) is 0 Å². The monoisotopic (exact) mass is 466 g/mol. The number of anilines is 3. The summed E-state index contributed by atoms with van der Waals surface area (Å²) in [6, 6.07) is 12.5. The Labute approximate surface area is 200 Å². The topological polar surface area (TPSA) is 55.9 Å². The Morgan fingerprint density at radius 1 is 1.00 bits per heavy atom. The van der Waals surface area contributed by atoms with Gasteiger partial charge in [0.1, 0.15) is 0 Å². The second kappa shape index (κ2) is 9.74. The zero-order valence-electron chi connectivity index (χ0n) is 18.9. The van der Waals surface area contributed by atoms with Crippen molar-refractivity contribution < 1.29 is 9.59 Å². The predicted molar refractivity (Wildman–Crippen MR) is 133 cm³/mol. The third-order valence-electron chi connectivity index (χ3n) is 7.13. The van der Waals surface area contributed by atoms with Gasteiger partial charge in [-0.2, -0.15) is 0 Å². The quantitative estimate of drug-likeness (QED) is 0.626. The Bertz CT molecular complexity index is 1040. The van der Waals surface area contributed by atoms with Gasteiger partial charge in [-0.15, -0.1) is 0 Å². The molecular formula is C26H31ClN4O2. The zero-order valence-corrected chi connectivity index (χ0v) is 19.7. The van der Waals surface area contributed by atoms with Crippen molar-refractivity contribution in [2.75, 3.05) is 42.9 Å². The van der Waals surface area contributed by atoms with Crippen LogP contribution in [0.5, 0.6) is 0 Å². The van der Waals surface area contributed by atoms with Gasteiger partial charge in [0.2, 0.25) is 0 Å². The highest BCUT2D eigenvalue weighted by molar-refractivity contribution is 6.36. The molecule has 2 aromatic carbocycles. The zero-order chi connectivity index (χ0) is 22.8. The largest absolute Gasteiger partial charge is 0.329 e. The summed E-state index contributed by atoms with van der Waals surface area (Å²) >= 11 is 6.60. The van der Waals surface area contributed by atoms with Crippen molar-refractivity contribution in [1.29, 1.82) is 0 Å². The van der Waals surface area contributed by atoms with Gasteiger partial charge in [0, 0.05) is 13.1 Å². The average Bonchev–Trinajstić information content (AvgIpc) is 2.98. The van der Waals surface area contributed by atoms with Crippen LogP contribution in [0.15, 0.2) is 42.5 Å². The highest BCUT2D eigenvalue weighted by atomic mass is 35.5. The number of hydrogen-bond donors (Lipinski definition) is 1. The molecule has 7 heteroatoms. The molecule has 1 N–H and O–H groups in total. The molecule has 3 aliphatic rings. The van der Waals surface area contributed by atoms with Gasteiger partial charge in [-0.05, 0) is 81.9 Å². The van der Waals surface area contributed by atoms with Gasteiger partial charge in [0.25, 0.3) is 5.91 Å². The first-order valence-corrected chi connectivity index (χ1v) is 12.5. The molecule has 1 unspecified atom stereocenters. The molecule has 0 spiro atoms. The summed E-state index contributed by atoms with van der Waals surface area (Å²) in [6.07, 6.45) is 7.23. The lowest BCUT2D eigenvalue weighted by Crippen LogP contribution is -2.47. The van der Waals surface area contributed by atoms with Gasteiger partial charge in [0.05, 0.1) is 27.6 Å². The molecule has 3 aliphatic heterocycles. The fourth-order valence-corrected chi connectivity index (χ4v) is 5.64. The molecule has 3 amide bonds. The summed E-state index contributed by atoms with van der Waals surface area (Å²) in [5.41, 5.74) is 2.13. The van der Waals surface area contributed by atoms with E-state index in [2.05, 4.69) is 10.2 Å². The molecule has 0 aromatic heterocycles. The van der Waals surface area contributed by atoms with Crippen LogP contribution in [0.1, 0.15) is 48.9 Å². The van der Waals surface area contributed by atoms with Crippen molar-refractivity contribution in [3.05, 3.63) is 53.1 Å². The van der Waals surface area contributed by atoms with Crippen LogP contribution in [0.4, 0.5) is 21.9 Å². The smallest absolute Gasteiger partial charge is 0.324 e. The van der Waals surface area contributed by atoms with Gasteiger partial charge < -0.3 is 15.1 Å². The number of urea groups is 1. The van der Waals surface area contributed by atoms with E-state index in [-0.39, 0.29) is 11.9 Å². The van der Waals surface area contributed by atoms with Crippen LogP contribution in [0.3, 0.4) is 0 Å². The van der Waals surface area contributed by atoms with Crippen LogP contribution in [0.2, 0.25) is 5.02 Å². The van der Waals surface area contributed by atoms with E-state index in [4.69, 9.17) is 11.6 Å². The molecule has 2 saturated heterocycles. The molecule has 0 radical (unpaired) electrons. The summed E-state index contributed by atoms with van der Waals surface area (Å²) < 4.78 is 0. The highest BCUT2D eigenvalue weighted by Crippen LogP contribution is 2.43.